The van der Waals surface area contributed by atoms with Gasteiger partial charge in [0.25, 0.3) is 0 Å². The summed E-state index contributed by atoms with van der Waals surface area (Å²) in [5.41, 5.74) is 14.1. The zero-order valence-corrected chi connectivity index (χ0v) is 74.8. The lowest BCUT2D eigenvalue weighted by Gasteiger charge is -2.38. The van der Waals surface area contributed by atoms with E-state index in [0.717, 1.165) is 21.7 Å². The summed E-state index contributed by atoms with van der Waals surface area (Å²) in [6, 6.07) is 2.34. The van der Waals surface area contributed by atoms with E-state index in [2.05, 4.69) is 58.2 Å². The lowest BCUT2D eigenvalue weighted by Crippen LogP contribution is -2.61. The summed E-state index contributed by atoms with van der Waals surface area (Å²) in [6.45, 7) is 4.20. The lowest BCUT2D eigenvalue weighted by atomic mass is 9.97. The van der Waals surface area contributed by atoms with Gasteiger partial charge in [-0.25, -0.2) is 8.42 Å². The van der Waals surface area contributed by atoms with Crippen molar-refractivity contribution in [1.82, 2.24) is 87.2 Å². The van der Waals surface area contributed by atoms with Gasteiger partial charge in [0.1, 0.15) is 90.8 Å². The van der Waals surface area contributed by atoms with E-state index in [4.69, 9.17) is 11.5 Å². The van der Waals surface area contributed by atoms with Crippen LogP contribution in [0.2, 0.25) is 0 Å². The molecular weight excluding hydrogens is 1700 g/mol. The van der Waals surface area contributed by atoms with Crippen molar-refractivity contribution in [3.05, 3.63) is 108 Å². The number of amides is 16. The summed E-state index contributed by atoms with van der Waals surface area (Å²) in [5, 5.41) is 49.2. The Balaban J connectivity index is 0.932. The van der Waals surface area contributed by atoms with Crippen molar-refractivity contribution in [2.45, 2.75) is 247 Å². The molecule has 8 heterocycles. The number of para-hydroxylation sites is 2. The summed E-state index contributed by atoms with van der Waals surface area (Å²) < 4.78 is 30.6. The smallest absolute Gasteiger partial charge is 0.323 e. The Bertz CT molecular complexity index is 5180. The minimum atomic E-state index is -4.89. The van der Waals surface area contributed by atoms with Gasteiger partial charge in [0.2, 0.25) is 94.5 Å². The van der Waals surface area contributed by atoms with E-state index in [1.807, 2.05) is 0 Å². The van der Waals surface area contributed by atoms with Crippen LogP contribution in [0.5, 0.6) is 0 Å². The third kappa shape index (κ3) is 25.0. The quantitative estimate of drug-likeness (QED) is 0.0470. The third-order valence-corrected chi connectivity index (χ3v) is 26.5. The molecule has 11 rings (SSSR count). The Labute approximate surface area is 752 Å². The summed E-state index contributed by atoms with van der Waals surface area (Å²) in [5.74, 6) is -19.3. The van der Waals surface area contributed by atoms with Gasteiger partial charge in [-0.15, -0.1) is 0 Å². The minimum Gasteiger partial charge on any atom is -0.480 e. The number of carbonyl (C=O) groups is 17. The Morgan fingerprint density at radius 1 is 0.531 bits per heavy atom. The average Bonchev–Trinajstić information content (AvgIpc) is 1.58. The summed E-state index contributed by atoms with van der Waals surface area (Å²) in [7, 11) is -2.51. The van der Waals surface area contributed by atoms with Crippen LogP contribution in [0.15, 0.2) is 91.3 Å². The third-order valence-electron chi connectivity index (χ3n) is 25.0. The Hall–Kier alpha value is -12.4. The number of hydrogen-bond donors (Lipinski definition) is 15. The predicted molar refractivity (Wildman–Crippen MR) is 472 cm³/mol. The highest BCUT2D eigenvalue weighted by Crippen LogP contribution is 2.34. The molecular formula is C89H121N19O21S. The molecule has 17 N–H and O–H groups in total. The summed E-state index contributed by atoms with van der Waals surface area (Å²) >= 11 is 0. The number of nitrogens with one attached hydrogen (secondary N) is 11. The fourth-order valence-corrected chi connectivity index (χ4v) is 20.0. The second-order valence-corrected chi connectivity index (χ2v) is 37.7. The average molecular weight is 1830 g/mol. The number of aromatic amines is 1. The second kappa shape index (κ2) is 44.3. The Kier molecular flexibility index (Phi) is 33.4. The number of likely N-dealkylation sites (N-methyl/N-ethyl adjacent to an activating group) is 2. The highest BCUT2D eigenvalue weighted by molar-refractivity contribution is 7.92. The number of carbonyl (C=O) groups excluding carboxylic acids is 16. The van der Waals surface area contributed by atoms with Crippen LogP contribution in [-0.2, 0) is 117 Å². The summed E-state index contributed by atoms with van der Waals surface area (Å²) in [4.78, 5) is 257. The van der Waals surface area contributed by atoms with E-state index in [9.17, 15) is 57.0 Å². The maximum atomic E-state index is 15.5. The van der Waals surface area contributed by atoms with Crippen molar-refractivity contribution in [3.8, 4) is 0 Å². The number of aliphatic carboxylic acids is 1. The largest absolute Gasteiger partial charge is 0.480 e. The fraction of sp³-hybridized carbons (Fsp3) is 0.562. The number of aliphatic hydroxyl groups is 1. The van der Waals surface area contributed by atoms with E-state index in [1.54, 1.807) is 113 Å². The lowest BCUT2D eigenvalue weighted by molar-refractivity contribution is -0.147. The fourth-order valence-electron chi connectivity index (χ4n) is 18.5. The Morgan fingerprint density at radius 2 is 1.10 bits per heavy atom. The molecule has 41 heteroatoms. The molecule has 16 amide bonds. The van der Waals surface area contributed by atoms with Gasteiger partial charge < -0.3 is 109 Å². The van der Waals surface area contributed by atoms with Crippen LogP contribution >= 0.6 is 0 Å². The number of fused-ring (bicyclic) bond motifs is 8. The van der Waals surface area contributed by atoms with Crippen molar-refractivity contribution in [3.63, 3.8) is 0 Å². The first kappa shape index (κ1) is 98.2. The highest BCUT2D eigenvalue weighted by atomic mass is 32.2. The molecule has 0 spiro atoms. The van der Waals surface area contributed by atoms with E-state index in [1.165, 1.54) is 27.6 Å². The van der Waals surface area contributed by atoms with Crippen LogP contribution < -0.4 is 64.6 Å². The van der Waals surface area contributed by atoms with Crippen LogP contribution in [0.25, 0.3) is 21.8 Å². The zero-order valence-electron chi connectivity index (χ0n) is 74.0. The number of sulfone groups is 1. The molecule has 5 aromatic rings. The van der Waals surface area contributed by atoms with Crippen LogP contribution in [-0.4, -0.2) is 302 Å². The topological polar surface area (TPSA) is 574 Å². The monoisotopic (exact) mass is 1820 g/mol. The van der Waals surface area contributed by atoms with Crippen molar-refractivity contribution in [2.24, 2.45) is 23.3 Å². The summed E-state index contributed by atoms with van der Waals surface area (Å²) in [6.07, 6.45) is 3.16. The molecule has 15 atom stereocenters. The van der Waals surface area contributed by atoms with E-state index >= 15 is 43.2 Å². The molecule has 130 heavy (non-hydrogen) atoms. The van der Waals surface area contributed by atoms with Crippen molar-refractivity contribution >= 4 is 132 Å². The number of aliphatic hydroxyl groups excluding tert-OH is 1. The van der Waals surface area contributed by atoms with Gasteiger partial charge in [0, 0.05) is 93.1 Å². The molecule has 4 unspecified atom stereocenters. The number of primary amides is 1. The maximum absolute atomic E-state index is 15.5. The number of rotatable bonds is 17. The molecule has 0 saturated carbocycles. The number of nitrogens with zero attached hydrogens (tertiary/aromatic N) is 6. The van der Waals surface area contributed by atoms with E-state index in [0.29, 0.717) is 77.0 Å². The molecule has 6 fully saturated rings. The van der Waals surface area contributed by atoms with Gasteiger partial charge in [-0.1, -0.05) is 120 Å². The van der Waals surface area contributed by atoms with Gasteiger partial charge in [-0.2, -0.15) is 0 Å². The van der Waals surface area contributed by atoms with Gasteiger partial charge >= 0.3 is 5.97 Å². The molecule has 3 aromatic carbocycles. The van der Waals surface area contributed by atoms with Crippen molar-refractivity contribution in [2.75, 3.05) is 58.3 Å². The van der Waals surface area contributed by atoms with Crippen molar-refractivity contribution in [1.29, 1.82) is 0 Å². The van der Waals surface area contributed by atoms with Crippen LogP contribution in [0.4, 0.5) is 0 Å². The first-order valence-corrected chi connectivity index (χ1v) is 46.4. The highest BCUT2D eigenvalue weighted by Gasteiger charge is 2.50. The zero-order chi connectivity index (χ0) is 94.1. The first-order valence-electron chi connectivity index (χ1n) is 44.5. The molecule has 2 aromatic heterocycles. The van der Waals surface area contributed by atoms with Crippen LogP contribution in [0.1, 0.15) is 147 Å². The number of carboxylic acid groups (broad SMARTS) is 1. The number of H-pyrrole nitrogens is 1. The number of piperidine rings is 1. The molecule has 6 saturated heterocycles. The van der Waals surface area contributed by atoms with Crippen molar-refractivity contribution < 1.29 is 100 Å². The Morgan fingerprint density at radius 3 is 1.79 bits per heavy atom. The number of aromatic nitrogens is 2. The van der Waals surface area contributed by atoms with Gasteiger partial charge in [-0.05, 0) is 118 Å². The molecule has 0 aliphatic carbocycles. The standard InChI is InChI=1S/C89H121N19O21S/c1-49(2)35-64-86(124)104(6)72(81(119)93-42-73(91)110)47-130(128,129)48-75(112)96-66(37-51-19-10-9-11-20-51)87(125)106-34-18-27-69(106)83(121)99-61-30-28-54-29-31-70(108(54)89(61)127)80(118)94-43-74(111)95-65(36-50(3)4)88(126)107-45-55(109)40-71(107)84(122)101-62(38-52-41-92-58-23-16-14-21-56(52)58)78(116)97-59(32-33-90)77(115)100-63(39-53-44-105(46-76(113)114)67-25-17-15-22-57(53)67)79(117)98-60-24-12-7-8-13-26-68(82(120)102-64)103(5)85(60)123/h9-11,14-17,19-23,25,41,44,49-50,54-55,59-66,68-72,92,109H,7-8,12-13,18,24,26-40,42-43,45-48,90H2,1-6H3,(H2,91,110)(H,93,119)(H,94,118)(H,95,111)(H,96,112)(H,97,116)(H,98,117)(H,99,121)(H,100,115)(H,101,122)(H,102,120)(H,113,114)/t54?,55-,59+,60?,61-,62+,63+,64+,65+,66+,68?,69+,70-,71+,72?/m1/s1. The van der Waals surface area contributed by atoms with Gasteiger partial charge in [-0.3, -0.25) is 81.5 Å². The van der Waals surface area contributed by atoms with E-state index < -0.39 is 245 Å². The molecule has 704 valence electrons. The molecule has 40 nitrogen and oxygen atoms in total. The van der Waals surface area contributed by atoms with E-state index in [-0.39, 0.29) is 102 Å². The maximum Gasteiger partial charge on any atom is 0.323 e. The number of nitrogens with two attached hydrogens (primary N) is 2. The SMILES string of the molecule is CC(C)C[C@@H]1NC(=O)C2CCCCCCC(NC(=O)[C@H](Cc3cn(CC(=O)O)c4ccccc34)NC(=O)[C@H](CCN)NC(=O)[C@H](Cc3c[nH]c4ccccc34)NC(=O)[C@@H]3C[C@@H](O)CN3C(=O)[C@H](CC(C)C)NC(=O)CNC(=O)[C@H]3CCC4CC[C@@H](NC(=O)[C@@H]5CCCN5C(=O)[C@H](Cc5ccccc5)NC(=O)CS(=O)(=O)CC(C(=O)NCC(N)=O)N(C)C1=O)C(=O)N43)C(=O)N2C. The molecule has 6 aliphatic rings. The molecule has 4 bridgehead atoms. The number of carboxylic acids is 1. The molecule has 6 aliphatic heterocycles. The number of benzene rings is 3. The first-order chi connectivity index (χ1) is 61.9. The number of hydrogen-bond acceptors (Lipinski definition) is 21. The predicted octanol–water partition coefficient (Wildman–Crippen LogP) is -2.19. The molecule has 0 radical (unpaired) electrons. The minimum absolute atomic E-state index is 0.0100. The van der Waals surface area contributed by atoms with Gasteiger partial charge in [0.05, 0.1) is 24.9 Å². The van der Waals surface area contributed by atoms with Gasteiger partial charge in [0.15, 0.2) is 9.84 Å². The second-order valence-electron chi connectivity index (χ2n) is 35.6. The van der Waals surface area contributed by atoms with Crippen LogP contribution in [0.3, 0.4) is 0 Å². The van der Waals surface area contributed by atoms with Crippen LogP contribution in [0, 0.1) is 11.8 Å². The normalized spacial score (nSPS) is 27.2.